The number of rotatable bonds is 1. The molecular weight excluding hydrogens is 215 g/mol. The van der Waals surface area contributed by atoms with Crippen molar-refractivity contribution in [1.82, 2.24) is 9.99 Å². The molecule has 0 aromatic heterocycles. The lowest BCUT2D eigenvalue weighted by Crippen LogP contribution is -2.21. The first-order valence-electron chi connectivity index (χ1n) is 5.62. The molecule has 0 unspecified atom stereocenters. The van der Waals surface area contributed by atoms with E-state index in [2.05, 4.69) is 5.32 Å². The van der Waals surface area contributed by atoms with Gasteiger partial charge in [0.2, 0.25) is 0 Å². The fourth-order valence-corrected chi connectivity index (χ4v) is 2.57. The van der Waals surface area contributed by atoms with Crippen molar-refractivity contribution in [3.63, 3.8) is 0 Å². The van der Waals surface area contributed by atoms with Crippen LogP contribution >= 0.6 is 7.75 Å². The standard InChI is InChI=1S/C5H11N.C4H10NO3P/c1-2-4-6-5-3-1;6-9(7,8)5-3-1-2-4-5/h6H,1-5H2;1-4H2,(H2,6,7,8). The molecule has 5 nitrogen and oxygen atoms in total. The summed E-state index contributed by atoms with van der Waals surface area (Å²) >= 11 is 0. The predicted molar refractivity (Wildman–Crippen MR) is 59.6 cm³/mol. The summed E-state index contributed by atoms with van der Waals surface area (Å²) in [5.41, 5.74) is 0. The third-order valence-electron chi connectivity index (χ3n) is 2.66. The van der Waals surface area contributed by atoms with E-state index in [1.54, 1.807) is 0 Å². The normalized spacial score (nSPS) is 23.3. The number of nitrogens with one attached hydrogen (secondary N) is 1. The molecule has 6 heteroatoms. The molecule has 0 spiro atoms. The van der Waals surface area contributed by atoms with Crippen LogP contribution in [0.3, 0.4) is 0 Å². The van der Waals surface area contributed by atoms with E-state index >= 15 is 0 Å². The quantitative estimate of drug-likeness (QED) is 0.591. The Kier molecular flexibility index (Phi) is 5.79. The molecule has 0 aromatic rings. The Balaban J connectivity index is 0.000000162. The van der Waals surface area contributed by atoms with Gasteiger partial charge in [-0.3, -0.25) is 0 Å². The summed E-state index contributed by atoms with van der Waals surface area (Å²) < 4.78 is 11.7. The minimum atomic E-state index is -3.88. The molecule has 90 valence electrons. The first-order chi connectivity index (χ1) is 7.11. The van der Waals surface area contributed by atoms with E-state index in [4.69, 9.17) is 9.79 Å². The van der Waals surface area contributed by atoms with Crippen molar-refractivity contribution < 1.29 is 14.4 Å². The highest BCUT2D eigenvalue weighted by atomic mass is 31.2. The van der Waals surface area contributed by atoms with Gasteiger partial charge < -0.3 is 15.1 Å². The lowest BCUT2D eigenvalue weighted by Gasteiger charge is -2.14. The van der Waals surface area contributed by atoms with E-state index in [1.165, 1.54) is 37.0 Å². The zero-order valence-corrected chi connectivity index (χ0v) is 9.96. The van der Waals surface area contributed by atoms with Crippen LogP contribution in [0, 0.1) is 0 Å². The Labute approximate surface area is 91.1 Å². The third kappa shape index (κ3) is 5.64. The van der Waals surface area contributed by atoms with Gasteiger partial charge in [-0.25, -0.2) is 9.24 Å². The summed E-state index contributed by atoms with van der Waals surface area (Å²) in [4.78, 5) is 17.1. The summed E-state index contributed by atoms with van der Waals surface area (Å²) in [6.07, 6.45) is 6.03. The van der Waals surface area contributed by atoms with Crippen LogP contribution in [-0.4, -0.2) is 40.6 Å². The van der Waals surface area contributed by atoms with Gasteiger partial charge in [0.1, 0.15) is 0 Å². The first-order valence-corrected chi connectivity index (χ1v) is 7.19. The fraction of sp³-hybridized carbons (Fsp3) is 1.00. The molecule has 2 aliphatic rings. The Morgan fingerprint density at radius 2 is 1.47 bits per heavy atom. The second-order valence-corrected chi connectivity index (χ2v) is 5.58. The van der Waals surface area contributed by atoms with E-state index < -0.39 is 7.75 Å². The SMILES string of the molecule is C1CCNCC1.O=P(O)(O)N1CCCC1. The number of nitrogens with zero attached hydrogens (tertiary/aromatic N) is 1. The molecule has 2 fully saturated rings. The molecule has 2 aliphatic heterocycles. The van der Waals surface area contributed by atoms with Gasteiger partial charge in [-0.2, -0.15) is 0 Å². The monoisotopic (exact) mass is 236 g/mol. The van der Waals surface area contributed by atoms with E-state index in [9.17, 15) is 4.57 Å². The van der Waals surface area contributed by atoms with Crippen molar-refractivity contribution in [2.24, 2.45) is 0 Å². The topological polar surface area (TPSA) is 72.8 Å². The number of piperidine rings is 1. The first kappa shape index (κ1) is 13.1. The van der Waals surface area contributed by atoms with Gasteiger partial charge in [-0.1, -0.05) is 6.42 Å². The van der Waals surface area contributed by atoms with E-state index in [0.29, 0.717) is 13.1 Å². The molecule has 0 radical (unpaired) electrons. The minimum Gasteiger partial charge on any atom is -0.317 e. The molecule has 0 bridgehead atoms. The van der Waals surface area contributed by atoms with Crippen molar-refractivity contribution >= 4 is 7.75 Å². The maximum absolute atomic E-state index is 10.5. The molecule has 3 N–H and O–H groups in total. The molecule has 0 amide bonds. The molecule has 2 saturated heterocycles. The lowest BCUT2D eigenvalue weighted by molar-refractivity contribution is 0.293. The van der Waals surface area contributed by atoms with Gasteiger partial charge in [0.15, 0.2) is 0 Å². The van der Waals surface area contributed by atoms with Crippen LogP contribution < -0.4 is 5.32 Å². The van der Waals surface area contributed by atoms with Crippen LogP contribution in [0.4, 0.5) is 0 Å². The zero-order chi connectivity index (χ0) is 11.1. The fourth-order valence-electron chi connectivity index (χ4n) is 1.76. The number of hydrogen-bond donors (Lipinski definition) is 3. The Morgan fingerprint density at radius 1 is 0.933 bits per heavy atom. The van der Waals surface area contributed by atoms with E-state index in [0.717, 1.165) is 12.8 Å². The molecule has 0 saturated carbocycles. The maximum Gasteiger partial charge on any atom is 0.402 e. The van der Waals surface area contributed by atoms with Crippen molar-refractivity contribution in [3.8, 4) is 0 Å². The van der Waals surface area contributed by atoms with Gasteiger partial charge in [0.05, 0.1) is 0 Å². The summed E-state index contributed by atoms with van der Waals surface area (Å²) in [5, 5.41) is 3.28. The molecule has 0 aliphatic carbocycles. The molecule has 2 rings (SSSR count). The van der Waals surface area contributed by atoms with Crippen molar-refractivity contribution in [2.45, 2.75) is 32.1 Å². The van der Waals surface area contributed by atoms with Gasteiger partial charge in [-0.15, -0.1) is 0 Å². The average Bonchev–Trinajstić information content (AvgIpc) is 2.73. The van der Waals surface area contributed by atoms with E-state index in [1.807, 2.05) is 0 Å². The van der Waals surface area contributed by atoms with Crippen molar-refractivity contribution in [1.29, 1.82) is 0 Å². The minimum absolute atomic E-state index is 0.546. The van der Waals surface area contributed by atoms with Crippen molar-refractivity contribution in [2.75, 3.05) is 26.2 Å². The third-order valence-corrected chi connectivity index (χ3v) is 3.79. The van der Waals surface area contributed by atoms with Crippen LogP contribution in [0.25, 0.3) is 0 Å². The zero-order valence-electron chi connectivity index (χ0n) is 9.06. The Hall–Kier alpha value is 0.0700. The second-order valence-electron chi connectivity index (χ2n) is 3.98. The number of hydrogen-bond acceptors (Lipinski definition) is 2. The lowest BCUT2D eigenvalue weighted by atomic mass is 10.2. The highest BCUT2D eigenvalue weighted by Gasteiger charge is 2.27. The Bertz CT molecular complexity index is 198. The van der Waals surface area contributed by atoms with Gasteiger partial charge in [-0.05, 0) is 38.8 Å². The maximum atomic E-state index is 10.5. The molecular formula is C9H21N2O3P. The van der Waals surface area contributed by atoms with Gasteiger partial charge in [0, 0.05) is 13.1 Å². The van der Waals surface area contributed by atoms with Crippen LogP contribution in [0.5, 0.6) is 0 Å². The van der Waals surface area contributed by atoms with Crippen molar-refractivity contribution in [3.05, 3.63) is 0 Å². The van der Waals surface area contributed by atoms with Gasteiger partial charge in [0.25, 0.3) is 0 Å². The second kappa shape index (κ2) is 6.61. The highest BCUT2D eigenvalue weighted by molar-refractivity contribution is 7.49. The van der Waals surface area contributed by atoms with Crippen LogP contribution in [0.1, 0.15) is 32.1 Å². The molecule has 2 heterocycles. The Morgan fingerprint density at radius 3 is 1.67 bits per heavy atom. The predicted octanol–water partition coefficient (Wildman–Crippen LogP) is 0.935. The van der Waals surface area contributed by atoms with Crippen LogP contribution in [0.15, 0.2) is 0 Å². The largest absolute Gasteiger partial charge is 0.402 e. The summed E-state index contributed by atoms with van der Waals surface area (Å²) in [7, 11) is -3.88. The van der Waals surface area contributed by atoms with Gasteiger partial charge >= 0.3 is 7.75 Å². The summed E-state index contributed by atoms with van der Waals surface area (Å²) in [6.45, 7) is 3.59. The smallest absolute Gasteiger partial charge is 0.317 e. The van der Waals surface area contributed by atoms with Crippen LogP contribution in [0.2, 0.25) is 0 Å². The summed E-state index contributed by atoms with van der Waals surface area (Å²) in [6, 6.07) is 0. The molecule has 15 heavy (non-hydrogen) atoms. The average molecular weight is 236 g/mol. The van der Waals surface area contributed by atoms with E-state index in [-0.39, 0.29) is 0 Å². The molecule has 0 atom stereocenters. The molecule has 0 aromatic carbocycles. The summed E-state index contributed by atoms with van der Waals surface area (Å²) in [5.74, 6) is 0. The highest BCUT2D eigenvalue weighted by Crippen LogP contribution is 2.42. The van der Waals surface area contributed by atoms with Crippen LogP contribution in [-0.2, 0) is 4.57 Å².